The minimum atomic E-state index is -0.170. The van der Waals surface area contributed by atoms with Crippen LogP contribution in [0.1, 0.15) is 31.9 Å². The molecule has 0 unspecified atom stereocenters. The first-order chi connectivity index (χ1) is 12.8. The molecule has 0 spiro atoms. The fraction of sp³-hybridized carbons (Fsp3) is 0.409. The number of halogens is 1. The number of amides is 2. The van der Waals surface area contributed by atoms with Gasteiger partial charge >= 0.3 is 6.03 Å². The van der Waals surface area contributed by atoms with Crippen LogP contribution in [-0.4, -0.2) is 42.0 Å². The average molecular weight is 369 g/mol. The normalized spacial score (nSPS) is 15.6. The van der Waals surface area contributed by atoms with Gasteiger partial charge in [-0.25, -0.2) is 9.18 Å². The van der Waals surface area contributed by atoms with Crippen molar-refractivity contribution < 1.29 is 9.18 Å². The lowest BCUT2D eigenvalue weighted by molar-refractivity contribution is 0.142. The van der Waals surface area contributed by atoms with Crippen molar-refractivity contribution in [2.75, 3.05) is 31.5 Å². The topological polar surface area (TPSA) is 35.6 Å². The maximum absolute atomic E-state index is 13.8. The molecule has 1 N–H and O–H groups in total. The van der Waals surface area contributed by atoms with Gasteiger partial charge < -0.3 is 10.2 Å². The SMILES string of the molecule is CC(C)(C)c1ccc(NC(=O)N2CCN(Cc3ccccc3F)CC2)cc1. The molecule has 4 nitrogen and oxygen atoms in total. The molecule has 2 amide bonds. The van der Waals surface area contributed by atoms with E-state index in [1.54, 1.807) is 6.07 Å². The quantitative estimate of drug-likeness (QED) is 0.866. The van der Waals surface area contributed by atoms with E-state index in [9.17, 15) is 9.18 Å². The largest absolute Gasteiger partial charge is 0.322 e. The summed E-state index contributed by atoms with van der Waals surface area (Å²) >= 11 is 0. The van der Waals surface area contributed by atoms with Crippen LogP contribution in [0.2, 0.25) is 0 Å². The molecular weight excluding hydrogens is 341 g/mol. The Morgan fingerprint density at radius 3 is 2.22 bits per heavy atom. The van der Waals surface area contributed by atoms with Crippen molar-refractivity contribution in [2.45, 2.75) is 32.7 Å². The van der Waals surface area contributed by atoms with Crippen LogP contribution in [-0.2, 0) is 12.0 Å². The van der Waals surface area contributed by atoms with E-state index in [0.29, 0.717) is 25.2 Å². The van der Waals surface area contributed by atoms with E-state index in [1.807, 2.05) is 29.2 Å². The molecule has 1 saturated heterocycles. The molecule has 0 radical (unpaired) electrons. The lowest BCUT2D eigenvalue weighted by Crippen LogP contribution is -2.49. The zero-order valence-corrected chi connectivity index (χ0v) is 16.3. The molecule has 3 rings (SSSR count). The van der Waals surface area contributed by atoms with Crippen LogP contribution in [0.3, 0.4) is 0 Å². The maximum atomic E-state index is 13.8. The van der Waals surface area contributed by atoms with Crippen molar-refractivity contribution >= 4 is 11.7 Å². The minimum absolute atomic E-state index is 0.0796. The third-order valence-corrected chi connectivity index (χ3v) is 5.01. The highest BCUT2D eigenvalue weighted by molar-refractivity contribution is 5.89. The van der Waals surface area contributed by atoms with Crippen molar-refractivity contribution in [3.05, 3.63) is 65.5 Å². The molecule has 1 heterocycles. The lowest BCUT2D eigenvalue weighted by Gasteiger charge is -2.34. The van der Waals surface area contributed by atoms with E-state index in [-0.39, 0.29) is 17.3 Å². The van der Waals surface area contributed by atoms with E-state index in [0.717, 1.165) is 18.8 Å². The van der Waals surface area contributed by atoms with Crippen molar-refractivity contribution in [2.24, 2.45) is 0 Å². The zero-order chi connectivity index (χ0) is 19.4. The molecule has 1 aliphatic heterocycles. The third-order valence-electron chi connectivity index (χ3n) is 5.01. The number of urea groups is 1. The molecule has 0 bridgehead atoms. The Morgan fingerprint density at radius 2 is 1.63 bits per heavy atom. The number of nitrogens with zero attached hydrogens (tertiary/aromatic N) is 2. The van der Waals surface area contributed by atoms with Gasteiger partial charge in [-0.2, -0.15) is 0 Å². The first-order valence-corrected chi connectivity index (χ1v) is 9.45. The van der Waals surface area contributed by atoms with Crippen LogP contribution in [0.5, 0.6) is 0 Å². The number of nitrogens with one attached hydrogen (secondary N) is 1. The summed E-state index contributed by atoms with van der Waals surface area (Å²) in [4.78, 5) is 16.5. The molecule has 0 atom stereocenters. The minimum Gasteiger partial charge on any atom is -0.322 e. The Bertz CT molecular complexity index is 775. The van der Waals surface area contributed by atoms with Gasteiger partial charge in [0.15, 0.2) is 0 Å². The second-order valence-corrected chi connectivity index (χ2v) is 8.11. The average Bonchev–Trinajstić information content (AvgIpc) is 2.64. The Hall–Kier alpha value is -2.40. The summed E-state index contributed by atoms with van der Waals surface area (Å²) in [7, 11) is 0. The Kier molecular flexibility index (Phi) is 5.80. The molecule has 27 heavy (non-hydrogen) atoms. The summed E-state index contributed by atoms with van der Waals surface area (Å²) in [5.74, 6) is -0.170. The molecule has 5 heteroatoms. The van der Waals surface area contributed by atoms with Crippen molar-refractivity contribution in [1.29, 1.82) is 0 Å². The van der Waals surface area contributed by atoms with E-state index >= 15 is 0 Å². The first-order valence-electron chi connectivity index (χ1n) is 9.45. The molecular formula is C22H28FN3O. The fourth-order valence-electron chi connectivity index (χ4n) is 3.23. The van der Waals surface area contributed by atoms with E-state index < -0.39 is 0 Å². The molecule has 0 aromatic heterocycles. The maximum Gasteiger partial charge on any atom is 0.321 e. The van der Waals surface area contributed by atoms with Gasteiger partial charge in [-0.15, -0.1) is 0 Å². The number of carbonyl (C=O) groups excluding carboxylic acids is 1. The predicted molar refractivity (Wildman–Crippen MR) is 107 cm³/mol. The summed E-state index contributed by atoms with van der Waals surface area (Å²) in [5.41, 5.74) is 2.84. The van der Waals surface area contributed by atoms with E-state index in [1.165, 1.54) is 11.6 Å². The Labute approximate surface area is 161 Å². The summed E-state index contributed by atoms with van der Waals surface area (Å²) in [5, 5.41) is 2.97. The fourth-order valence-corrected chi connectivity index (χ4v) is 3.23. The van der Waals surface area contributed by atoms with Gasteiger partial charge in [-0.1, -0.05) is 51.1 Å². The van der Waals surface area contributed by atoms with Crippen LogP contribution < -0.4 is 5.32 Å². The first kappa shape index (κ1) is 19.4. The molecule has 1 fully saturated rings. The molecule has 144 valence electrons. The number of piperazine rings is 1. The molecule has 2 aromatic carbocycles. The van der Waals surface area contributed by atoms with Gasteiger partial charge in [0, 0.05) is 44.0 Å². The number of anilines is 1. The zero-order valence-electron chi connectivity index (χ0n) is 16.3. The highest BCUT2D eigenvalue weighted by Crippen LogP contribution is 2.23. The van der Waals surface area contributed by atoms with Gasteiger partial charge in [0.2, 0.25) is 0 Å². The standard InChI is InChI=1S/C22H28FN3O/c1-22(2,3)18-8-10-19(11-9-18)24-21(27)26-14-12-25(13-15-26)16-17-6-4-5-7-20(17)23/h4-11H,12-16H2,1-3H3,(H,24,27). The summed E-state index contributed by atoms with van der Waals surface area (Å²) in [6.07, 6.45) is 0. The highest BCUT2D eigenvalue weighted by atomic mass is 19.1. The molecule has 0 aliphatic carbocycles. The molecule has 1 aliphatic rings. The number of benzene rings is 2. The van der Waals surface area contributed by atoms with Gasteiger partial charge in [-0.3, -0.25) is 4.90 Å². The predicted octanol–water partition coefficient (Wildman–Crippen LogP) is 4.47. The number of hydrogen-bond donors (Lipinski definition) is 1. The number of carbonyl (C=O) groups is 1. The summed E-state index contributed by atoms with van der Waals surface area (Å²) < 4.78 is 13.8. The Morgan fingerprint density at radius 1 is 1.00 bits per heavy atom. The van der Waals surface area contributed by atoms with Crippen molar-refractivity contribution in [1.82, 2.24) is 9.80 Å². The van der Waals surface area contributed by atoms with Crippen LogP contribution in [0, 0.1) is 5.82 Å². The van der Waals surface area contributed by atoms with Gasteiger partial charge in [0.1, 0.15) is 5.82 Å². The smallest absolute Gasteiger partial charge is 0.321 e. The Balaban J connectivity index is 1.50. The number of hydrogen-bond acceptors (Lipinski definition) is 2. The third kappa shape index (κ3) is 5.07. The highest BCUT2D eigenvalue weighted by Gasteiger charge is 2.22. The summed E-state index contributed by atoms with van der Waals surface area (Å²) in [6, 6.07) is 14.8. The van der Waals surface area contributed by atoms with Gasteiger partial charge in [-0.05, 0) is 29.2 Å². The van der Waals surface area contributed by atoms with Crippen LogP contribution in [0.4, 0.5) is 14.9 Å². The van der Waals surface area contributed by atoms with E-state index in [4.69, 9.17) is 0 Å². The molecule has 0 saturated carbocycles. The van der Waals surface area contributed by atoms with E-state index in [2.05, 4.69) is 43.1 Å². The summed E-state index contributed by atoms with van der Waals surface area (Å²) in [6.45, 7) is 9.84. The number of rotatable bonds is 3. The van der Waals surface area contributed by atoms with Crippen LogP contribution in [0.25, 0.3) is 0 Å². The second kappa shape index (κ2) is 8.09. The van der Waals surface area contributed by atoms with Gasteiger partial charge in [0.25, 0.3) is 0 Å². The van der Waals surface area contributed by atoms with Crippen LogP contribution >= 0.6 is 0 Å². The monoisotopic (exact) mass is 369 g/mol. The van der Waals surface area contributed by atoms with Gasteiger partial charge in [0.05, 0.1) is 0 Å². The second-order valence-electron chi connectivity index (χ2n) is 8.11. The van der Waals surface area contributed by atoms with Crippen LogP contribution in [0.15, 0.2) is 48.5 Å². The lowest BCUT2D eigenvalue weighted by atomic mass is 9.87. The van der Waals surface area contributed by atoms with Crippen molar-refractivity contribution in [3.63, 3.8) is 0 Å². The van der Waals surface area contributed by atoms with Crippen molar-refractivity contribution in [3.8, 4) is 0 Å². The molecule has 2 aromatic rings.